The predicted molar refractivity (Wildman–Crippen MR) is 63.6 cm³/mol. The van der Waals surface area contributed by atoms with Crippen molar-refractivity contribution in [2.24, 2.45) is 0 Å². The zero-order valence-corrected chi connectivity index (χ0v) is 9.67. The molecule has 0 saturated heterocycles. The molecule has 0 atom stereocenters. The van der Waals surface area contributed by atoms with Gasteiger partial charge in [-0.05, 0) is 24.3 Å². The highest BCUT2D eigenvalue weighted by Gasteiger charge is 2.08. The second-order valence-electron chi connectivity index (χ2n) is 3.42. The van der Waals surface area contributed by atoms with E-state index in [-0.39, 0.29) is 22.1 Å². The molecule has 0 aliphatic carbocycles. The van der Waals surface area contributed by atoms with Gasteiger partial charge in [-0.1, -0.05) is 11.6 Å². The Morgan fingerprint density at radius 3 is 2.61 bits per heavy atom. The summed E-state index contributed by atoms with van der Waals surface area (Å²) in [7, 11) is 0. The maximum Gasteiger partial charge on any atom is 0.167 e. The molecule has 0 aliphatic rings. The molecule has 2 rings (SSSR count). The third-order valence-corrected chi connectivity index (χ3v) is 2.37. The fourth-order valence-corrected chi connectivity index (χ4v) is 1.46. The van der Waals surface area contributed by atoms with Crippen LogP contribution in [0.2, 0.25) is 5.02 Å². The molecule has 1 aromatic carbocycles. The Morgan fingerprint density at radius 2 is 2.00 bits per heavy atom. The molecule has 1 aromatic heterocycles. The Kier molecular flexibility index (Phi) is 3.40. The van der Waals surface area contributed by atoms with Gasteiger partial charge in [0.05, 0.1) is 22.3 Å². The third kappa shape index (κ3) is 2.55. The van der Waals surface area contributed by atoms with Crippen LogP contribution in [0.1, 0.15) is 5.56 Å². The Hall–Kier alpha value is -2.19. The quantitative estimate of drug-likeness (QED) is 0.902. The molecule has 0 fully saturated rings. The summed E-state index contributed by atoms with van der Waals surface area (Å²) in [5.74, 6) is -1.49. The van der Waals surface area contributed by atoms with E-state index in [2.05, 4.69) is 10.3 Å². The standard InChI is InChI=1S/C12H6ClF2N3/c13-8-4-10(15)12(17-6-8)18-11-2-1-7(5-16)3-9(11)14/h1-4,6H,(H,17,18). The average molecular weight is 266 g/mol. The molecule has 1 N–H and O–H groups in total. The van der Waals surface area contributed by atoms with Crippen molar-refractivity contribution >= 4 is 23.1 Å². The van der Waals surface area contributed by atoms with Crippen LogP contribution >= 0.6 is 11.6 Å². The molecule has 0 unspecified atom stereocenters. The van der Waals surface area contributed by atoms with Gasteiger partial charge in [0, 0.05) is 6.20 Å². The van der Waals surface area contributed by atoms with Crippen LogP contribution in [0.25, 0.3) is 0 Å². The minimum Gasteiger partial charge on any atom is -0.335 e. The molecule has 18 heavy (non-hydrogen) atoms. The Balaban J connectivity index is 2.32. The number of nitrogens with one attached hydrogen (secondary N) is 1. The summed E-state index contributed by atoms with van der Waals surface area (Å²) >= 11 is 5.55. The van der Waals surface area contributed by atoms with Gasteiger partial charge in [0.15, 0.2) is 11.6 Å². The average Bonchev–Trinajstić information content (AvgIpc) is 2.34. The summed E-state index contributed by atoms with van der Waals surface area (Å²) in [6.45, 7) is 0. The number of anilines is 2. The third-order valence-electron chi connectivity index (χ3n) is 2.16. The lowest BCUT2D eigenvalue weighted by molar-refractivity contribution is 0.621. The van der Waals surface area contributed by atoms with Gasteiger partial charge < -0.3 is 5.32 Å². The molecule has 0 bridgehead atoms. The highest BCUT2D eigenvalue weighted by Crippen LogP contribution is 2.22. The molecule has 90 valence electrons. The Morgan fingerprint density at radius 1 is 1.22 bits per heavy atom. The van der Waals surface area contributed by atoms with Crippen molar-refractivity contribution in [2.45, 2.75) is 0 Å². The number of rotatable bonds is 2. The number of pyridine rings is 1. The van der Waals surface area contributed by atoms with Gasteiger partial charge in [-0.2, -0.15) is 5.26 Å². The van der Waals surface area contributed by atoms with Crippen molar-refractivity contribution < 1.29 is 8.78 Å². The summed E-state index contributed by atoms with van der Waals surface area (Å²) in [6, 6.07) is 6.68. The first-order valence-corrected chi connectivity index (χ1v) is 5.25. The first-order valence-electron chi connectivity index (χ1n) is 4.88. The lowest BCUT2D eigenvalue weighted by Gasteiger charge is -2.07. The zero-order valence-electron chi connectivity index (χ0n) is 8.92. The molecule has 2 aromatic rings. The van der Waals surface area contributed by atoms with Gasteiger partial charge in [0.2, 0.25) is 0 Å². The number of hydrogen-bond donors (Lipinski definition) is 1. The monoisotopic (exact) mass is 265 g/mol. The molecular weight excluding hydrogens is 260 g/mol. The van der Waals surface area contributed by atoms with Crippen molar-refractivity contribution in [3.05, 3.63) is 52.7 Å². The molecule has 0 radical (unpaired) electrons. The molecule has 0 amide bonds. The minimum atomic E-state index is -0.689. The molecule has 3 nitrogen and oxygen atoms in total. The minimum absolute atomic E-state index is 0.0303. The van der Waals surface area contributed by atoms with Crippen LogP contribution in [0.4, 0.5) is 20.3 Å². The molecular formula is C12H6ClF2N3. The highest BCUT2D eigenvalue weighted by molar-refractivity contribution is 6.30. The molecule has 0 spiro atoms. The van der Waals surface area contributed by atoms with E-state index in [1.54, 1.807) is 6.07 Å². The van der Waals surface area contributed by atoms with Crippen LogP contribution in [-0.4, -0.2) is 4.98 Å². The van der Waals surface area contributed by atoms with Gasteiger partial charge in [-0.15, -0.1) is 0 Å². The summed E-state index contributed by atoms with van der Waals surface area (Å²) in [6.07, 6.45) is 1.24. The number of hydrogen-bond acceptors (Lipinski definition) is 3. The van der Waals surface area contributed by atoms with Gasteiger partial charge >= 0.3 is 0 Å². The first-order chi connectivity index (χ1) is 8.60. The first kappa shape index (κ1) is 12.3. The fourth-order valence-electron chi connectivity index (χ4n) is 1.32. The van der Waals surface area contributed by atoms with E-state index in [1.165, 1.54) is 18.3 Å². The summed E-state index contributed by atoms with van der Waals surface area (Å²) in [5, 5.41) is 11.2. The largest absolute Gasteiger partial charge is 0.335 e. The fraction of sp³-hybridized carbons (Fsp3) is 0. The number of nitriles is 1. The molecule has 1 heterocycles. The lowest BCUT2D eigenvalue weighted by atomic mass is 10.2. The van der Waals surface area contributed by atoms with Crippen LogP contribution in [-0.2, 0) is 0 Å². The van der Waals surface area contributed by atoms with E-state index in [0.717, 1.165) is 12.1 Å². The van der Waals surface area contributed by atoms with E-state index >= 15 is 0 Å². The van der Waals surface area contributed by atoms with Gasteiger partial charge in [-0.25, -0.2) is 13.8 Å². The molecule has 0 aliphatic heterocycles. The number of nitrogens with zero attached hydrogens (tertiary/aromatic N) is 2. The van der Waals surface area contributed by atoms with Crippen LogP contribution in [0.3, 0.4) is 0 Å². The Bertz CT molecular complexity index is 638. The maximum atomic E-state index is 13.5. The SMILES string of the molecule is N#Cc1ccc(Nc2ncc(Cl)cc2F)c(F)c1. The van der Waals surface area contributed by atoms with E-state index < -0.39 is 11.6 Å². The van der Waals surface area contributed by atoms with Gasteiger partial charge in [-0.3, -0.25) is 0 Å². The second kappa shape index (κ2) is 4.98. The summed E-state index contributed by atoms with van der Waals surface area (Å²) in [4.78, 5) is 3.71. The second-order valence-corrected chi connectivity index (χ2v) is 3.85. The molecule has 0 saturated carbocycles. The van der Waals surface area contributed by atoms with Crippen LogP contribution < -0.4 is 5.32 Å². The Labute approximate surface area is 107 Å². The number of benzene rings is 1. The van der Waals surface area contributed by atoms with Crippen molar-refractivity contribution in [1.29, 1.82) is 5.26 Å². The van der Waals surface area contributed by atoms with Gasteiger partial charge in [0.1, 0.15) is 5.82 Å². The highest BCUT2D eigenvalue weighted by atomic mass is 35.5. The number of aromatic nitrogens is 1. The van der Waals surface area contributed by atoms with Crippen LogP contribution in [0, 0.1) is 23.0 Å². The lowest BCUT2D eigenvalue weighted by Crippen LogP contribution is -1.99. The van der Waals surface area contributed by atoms with E-state index in [9.17, 15) is 8.78 Å². The van der Waals surface area contributed by atoms with E-state index in [0.29, 0.717) is 0 Å². The van der Waals surface area contributed by atoms with Crippen molar-refractivity contribution in [2.75, 3.05) is 5.32 Å². The topological polar surface area (TPSA) is 48.7 Å². The molecule has 6 heteroatoms. The van der Waals surface area contributed by atoms with E-state index in [1.807, 2.05) is 0 Å². The van der Waals surface area contributed by atoms with E-state index in [4.69, 9.17) is 16.9 Å². The van der Waals surface area contributed by atoms with Crippen molar-refractivity contribution in [3.63, 3.8) is 0 Å². The number of halogens is 3. The van der Waals surface area contributed by atoms with Crippen LogP contribution in [0.15, 0.2) is 30.5 Å². The van der Waals surface area contributed by atoms with Crippen LogP contribution in [0.5, 0.6) is 0 Å². The summed E-state index contributed by atoms with van der Waals surface area (Å²) in [5.41, 5.74) is 0.213. The van der Waals surface area contributed by atoms with Crippen molar-refractivity contribution in [1.82, 2.24) is 4.98 Å². The maximum absolute atomic E-state index is 13.5. The van der Waals surface area contributed by atoms with Crippen molar-refractivity contribution in [3.8, 4) is 6.07 Å². The summed E-state index contributed by atoms with van der Waals surface area (Å²) < 4.78 is 27.0. The normalized spacial score (nSPS) is 9.89. The predicted octanol–water partition coefficient (Wildman–Crippen LogP) is 3.63. The zero-order chi connectivity index (χ0) is 13.1. The smallest absolute Gasteiger partial charge is 0.167 e. The van der Waals surface area contributed by atoms with Gasteiger partial charge in [0.25, 0.3) is 0 Å².